The maximum Gasteiger partial charge on any atom is 0.335 e. The minimum atomic E-state index is -0.913. The molecule has 0 bridgehead atoms. The van der Waals surface area contributed by atoms with Crippen LogP contribution in [0.2, 0.25) is 0 Å². The molecule has 0 aromatic heterocycles. The summed E-state index contributed by atoms with van der Waals surface area (Å²) < 4.78 is 0. The van der Waals surface area contributed by atoms with Gasteiger partial charge < -0.3 is 5.11 Å². The summed E-state index contributed by atoms with van der Waals surface area (Å²) in [6.07, 6.45) is 0. The number of hydrogen-bond acceptors (Lipinski definition) is 1. The second-order valence-electron chi connectivity index (χ2n) is 7.91. The molecule has 0 unspecified atom stereocenters. The summed E-state index contributed by atoms with van der Waals surface area (Å²) in [5.74, 6) is -0.913. The van der Waals surface area contributed by atoms with Gasteiger partial charge in [-0.25, -0.2) is 4.79 Å². The van der Waals surface area contributed by atoms with E-state index < -0.39 is 5.97 Å². The molecule has 0 aliphatic heterocycles. The Morgan fingerprint density at radius 1 is 0.484 bits per heavy atom. The van der Waals surface area contributed by atoms with Crippen molar-refractivity contribution in [3.8, 4) is 11.1 Å². The highest BCUT2D eigenvalue weighted by Gasteiger charge is 2.17. The van der Waals surface area contributed by atoms with Crippen molar-refractivity contribution in [1.29, 1.82) is 0 Å². The molecule has 0 fully saturated rings. The van der Waals surface area contributed by atoms with Crippen molar-refractivity contribution < 1.29 is 9.90 Å². The number of carboxylic acids is 1. The van der Waals surface area contributed by atoms with Gasteiger partial charge in [0, 0.05) is 0 Å². The largest absolute Gasteiger partial charge is 0.478 e. The first kappa shape index (κ1) is 17.7. The molecule has 6 aromatic rings. The molecular weight excluding hydrogens is 380 g/mol. The first-order valence-electron chi connectivity index (χ1n) is 10.3. The molecule has 0 saturated carbocycles. The first-order chi connectivity index (χ1) is 15.2. The molecule has 0 saturated heterocycles. The lowest BCUT2D eigenvalue weighted by Gasteiger charge is -2.17. The molecule has 0 aliphatic rings. The van der Waals surface area contributed by atoms with E-state index in [2.05, 4.69) is 72.8 Å². The highest BCUT2D eigenvalue weighted by atomic mass is 16.4. The van der Waals surface area contributed by atoms with Crippen molar-refractivity contribution in [1.82, 2.24) is 0 Å². The zero-order chi connectivity index (χ0) is 20.9. The summed E-state index contributed by atoms with van der Waals surface area (Å²) in [5.41, 5.74) is 2.54. The summed E-state index contributed by atoms with van der Waals surface area (Å²) in [4.78, 5) is 11.8. The fourth-order valence-electron chi connectivity index (χ4n) is 4.75. The Labute approximate surface area is 179 Å². The molecule has 0 radical (unpaired) electrons. The predicted molar refractivity (Wildman–Crippen MR) is 129 cm³/mol. The van der Waals surface area contributed by atoms with Crippen molar-refractivity contribution in [3.05, 3.63) is 109 Å². The Bertz CT molecular complexity index is 1610. The Kier molecular flexibility index (Phi) is 3.81. The average molecular weight is 398 g/mol. The van der Waals surface area contributed by atoms with Crippen molar-refractivity contribution >= 4 is 49.1 Å². The Morgan fingerprint density at radius 2 is 0.903 bits per heavy atom. The third kappa shape index (κ3) is 2.69. The summed E-state index contributed by atoms with van der Waals surface area (Å²) in [5, 5.41) is 18.6. The van der Waals surface area contributed by atoms with E-state index in [4.69, 9.17) is 0 Å². The average Bonchev–Trinajstić information content (AvgIpc) is 2.81. The summed E-state index contributed by atoms with van der Waals surface area (Å²) in [7, 11) is 0. The number of carbonyl (C=O) groups is 1. The van der Waals surface area contributed by atoms with E-state index in [9.17, 15) is 9.90 Å². The minimum absolute atomic E-state index is 0.300. The first-order valence-corrected chi connectivity index (χ1v) is 10.3. The lowest BCUT2D eigenvalue weighted by atomic mass is 9.86. The van der Waals surface area contributed by atoms with Crippen LogP contribution in [0.5, 0.6) is 0 Å². The molecule has 2 heteroatoms. The normalized spacial score (nSPS) is 11.5. The van der Waals surface area contributed by atoms with E-state index in [1.165, 1.54) is 21.5 Å². The van der Waals surface area contributed by atoms with E-state index in [1.54, 1.807) is 6.07 Å². The smallest absolute Gasteiger partial charge is 0.335 e. The second-order valence-corrected chi connectivity index (χ2v) is 7.91. The van der Waals surface area contributed by atoms with Crippen LogP contribution < -0.4 is 0 Å². The van der Waals surface area contributed by atoms with Crippen LogP contribution in [0.3, 0.4) is 0 Å². The zero-order valence-electron chi connectivity index (χ0n) is 16.7. The molecule has 146 valence electrons. The minimum Gasteiger partial charge on any atom is -0.478 e. The van der Waals surface area contributed by atoms with Crippen LogP contribution in [0.25, 0.3) is 54.2 Å². The predicted octanol–water partition coefficient (Wildman–Crippen LogP) is 7.66. The molecular formula is C29H18O2. The van der Waals surface area contributed by atoms with Gasteiger partial charge in [-0.05, 0) is 78.5 Å². The summed E-state index contributed by atoms with van der Waals surface area (Å²) >= 11 is 0. The van der Waals surface area contributed by atoms with Crippen molar-refractivity contribution in [2.75, 3.05) is 0 Å². The van der Waals surface area contributed by atoms with E-state index in [-0.39, 0.29) is 0 Å². The van der Waals surface area contributed by atoms with Crippen molar-refractivity contribution in [3.63, 3.8) is 0 Å². The number of benzene rings is 6. The quantitative estimate of drug-likeness (QED) is 0.304. The van der Waals surface area contributed by atoms with Gasteiger partial charge in [0.2, 0.25) is 0 Å². The van der Waals surface area contributed by atoms with Gasteiger partial charge in [-0.2, -0.15) is 0 Å². The van der Waals surface area contributed by atoms with Crippen molar-refractivity contribution in [2.45, 2.75) is 0 Å². The van der Waals surface area contributed by atoms with Gasteiger partial charge in [-0.3, -0.25) is 0 Å². The van der Waals surface area contributed by atoms with Crippen LogP contribution in [-0.2, 0) is 0 Å². The molecule has 0 amide bonds. The Balaban J connectivity index is 1.92. The summed E-state index contributed by atoms with van der Waals surface area (Å²) in [6.45, 7) is 0. The third-order valence-corrected chi connectivity index (χ3v) is 6.13. The number of aromatic carboxylic acids is 1. The van der Waals surface area contributed by atoms with E-state index >= 15 is 0 Å². The van der Waals surface area contributed by atoms with Crippen LogP contribution in [-0.4, -0.2) is 11.1 Å². The zero-order valence-corrected chi connectivity index (χ0v) is 16.7. The second kappa shape index (κ2) is 6.68. The highest BCUT2D eigenvalue weighted by Crippen LogP contribution is 2.43. The van der Waals surface area contributed by atoms with Crippen LogP contribution in [0.1, 0.15) is 10.4 Å². The SMILES string of the molecule is O=C(O)c1ccc2cc3ccccc3c(-c3c4ccccc4cc4ccccc34)c2c1. The van der Waals surface area contributed by atoms with E-state index in [1.807, 2.05) is 24.3 Å². The third-order valence-electron chi connectivity index (χ3n) is 6.13. The maximum absolute atomic E-state index is 11.8. The molecule has 31 heavy (non-hydrogen) atoms. The van der Waals surface area contributed by atoms with E-state index in [0.717, 1.165) is 32.7 Å². The van der Waals surface area contributed by atoms with Gasteiger partial charge in [0.05, 0.1) is 5.56 Å². The van der Waals surface area contributed by atoms with Crippen molar-refractivity contribution in [2.24, 2.45) is 0 Å². The van der Waals surface area contributed by atoms with Crippen LogP contribution in [0.4, 0.5) is 0 Å². The van der Waals surface area contributed by atoms with Gasteiger partial charge in [0.25, 0.3) is 0 Å². The fourth-order valence-corrected chi connectivity index (χ4v) is 4.75. The van der Waals surface area contributed by atoms with Crippen LogP contribution >= 0.6 is 0 Å². The van der Waals surface area contributed by atoms with Gasteiger partial charge in [0.15, 0.2) is 0 Å². The lowest BCUT2D eigenvalue weighted by molar-refractivity contribution is 0.0697. The fraction of sp³-hybridized carbons (Fsp3) is 0. The molecule has 1 N–H and O–H groups in total. The number of fused-ring (bicyclic) bond motifs is 4. The molecule has 0 aliphatic carbocycles. The standard InChI is InChI=1S/C29H18O2/c30-29(31)22-14-13-21-16-20-9-3-6-12-25(20)28(26(21)17-22)27-23-10-4-1-7-18(23)15-19-8-2-5-11-24(19)27/h1-17H,(H,30,31). The number of carboxylic acid groups (broad SMARTS) is 1. The van der Waals surface area contributed by atoms with Gasteiger partial charge in [-0.1, -0.05) is 78.9 Å². The topological polar surface area (TPSA) is 37.3 Å². The van der Waals surface area contributed by atoms with Gasteiger partial charge in [0.1, 0.15) is 0 Å². The number of rotatable bonds is 2. The molecule has 0 spiro atoms. The van der Waals surface area contributed by atoms with Crippen LogP contribution in [0.15, 0.2) is 103 Å². The maximum atomic E-state index is 11.8. The summed E-state index contributed by atoms with van der Waals surface area (Å²) in [6, 6.07) is 35.0. The molecule has 6 rings (SSSR count). The molecule has 0 heterocycles. The molecule has 6 aromatic carbocycles. The number of hydrogen-bond donors (Lipinski definition) is 1. The highest BCUT2D eigenvalue weighted by molar-refractivity contribution is 6.23. The lowest BCUT2D eigenvalue weighted by Crippen LogP contribution is -1.96. The Hall–Kier alpha value is -4.17. The monoisotopic (exact) mass is 398 g/mol. The van der Waals surface area contributed by atoms with E-state index in [0.29, 0.717) is 5.56 Å². The Morgan fingerprint density at radius 3 is 1.39 bits per heavy atom. The molecule has 2 nitrogen and oxygen atoms in total. The van der Waals surface area contributed by atoms with Crippen LogP contribution in [0, 0.1) is 0 Å². The molecule has 0 atom stereocenters. The van der Waals surface area contributed by atoms with Gasteiger partial charge in [-0.15, -0.1) is 0 Å². The van der Waals surface area contributed by atoms with Gasteiger partial charge >= 0.3 is 5.97 Å².